The molecule has 1 aromatic carbocycles. The van der Waals surface area contributed by atoms with Crippen molar-refractivity contribution in [1.29, 1.82) is 0 Å². The molecular weight excluding hydrogens is 341 g/mol. The maximum Gasteiger partial charge on any atom is 0.265 e. The van der Waals surface area contributed by atoms with Gasteiger partial charge in [0, 0.05) is 16.1 Å². The van der Waals surface area contributed by atoms with E-state index >= 15 is 0 Å². The Morgan fingerprint density at radius 3 is 2.70 bits per heavy atom. The number of aromatic nitrogens is 1. The predicted octanol–water partition coefficient (Wildman–Crippen LogP) is 3.90. The molecule has 0 spiro atoms. The smallest absolute Gasteiger partial charge is 0.265 e. The van der Waals surface area contributed by atoms with Gasteiger partial charge in [0.15, 0.2) is 0 Å². The fraction of sp³-hybridized carbons (Fsp3) is 0.167. The monoisotopic (exact) mass is 351 g/mol. The Labute approximate surface area is 131 Å². The molecule has 108 valence electrons. The van der Waals surface area contributed by atoms with Gasteiger partial charge in [0.1, 0.15) is 0 Å². The summed E-state index contributed by atoms with van der Waals surface area (Å²) in [6, 6.07) is 6.99. The summed E-state index contributed by atoms with van der Waals surface area (Å²) in [4.78, 5) is 3.83. The van der Waals surface area contributed by atoms with Gasteiger partial charge in [-0.25, -0.2) is 0 Å². The maximum atomic E-state index is 10.7. The maximum absolute atomic E-state index is 10.7. The van der Waals surface area contributed by atoms with Crippen LogP contribution >= 0.6 is 35.0 Å². The molecule has 0 fully saturated rings. The van der Waals surface area contributed by atoms with Gasteiger partial charge in [-0.3, -0.25) is 4.55 Å². The standard InChI is InChI=1S/C12H11Cl2NO3S2/c13-9-1-2-10(14)11(6-9)19-12-5-8(7-15-12)3-4-20(16,17)18/h1-2,5-7,15H,3-4H2,(H,16,17,18). The zero-order valence-electron chi connectivity index (χ0n) is 10.1. The fourth-order valence-corrected chi connectivity index (χ4v) is 3.42. The molecule has 0 aliphatic heterocycles. The van der Waals surface area contributed by atoms with E-state index in [9.17, 15) is 8.42 Å². The lowest BCUT2D eigenvalue weighted by Crippen LogP contribution is -2.05. The number of aryl methyl sites for hydroxylation is 1. The highest BCUT2D eigenvalue weighted by Crippen LogP contribution is 2.34. The average Bonchev–Trinajstić information content (AvgIpc) is 2.78. The summed E-state index contributed by atoms with van der Waals surface area (Å²) in [6.07, 6.45) is 1.95. The summed E-state index contributed by atoms with van der Waals surface area (Å²) < 4.78 is 30.1. The van der Waals surface area contributed by atoms with Crippen molar-refractivity contribution in [2.24, 2.45) is 0 Å². The minimum Gasteiger partial charge on any atom is -0.356 e. The van der Waals surface area contributed by atoms with Crippen LogP contribution in [0.2, 0.25) is 10.0 Å². The second-order valence-corrected chi connectivity index (χ2v) is 7.58. The van der Waals surface area contributed by atoms with E-state index in [2.05, 4.69) is 4.98 Å². The number of rotatable bonds is 5. The van der Waals surface area contributed by atoms with E-state index in [1.807, 2.05) is 6.07 Å². The largest absolute Gasteiger partial charge is 0.356 e. The van der Waals surface area contributed by atoms with Crippen molar-refractivity contribution in [3.05, 3.63) is 46.1 Å². The normalized spacial score (nSPS) is 11.8. The Kier molecular flexibility index (Phi) is 5.04. The molecule has 0 bridgehead atoms. The van der Waals surface area contributed by atoms with Crippen LogP contribution in [0.4, 0.5) is 0 Å². The molecular formula is C12H11Cl2NO3S2. The van der Waals surface area contributed by atoms with Crippen molar-refractivity contribution < 1.29 is 13.0 Å². The van der Waals surface area contributed by atoms with Gasteiger partial charge >= 0.3 is 0 Å². The van der Waals surface area contributed by atoms with Gasteiger partial charge < -0.3 is 4.98 Å². The molecule has 0 amide bonds. The molecule has 0 saturated heterocycles. The summed E-state index contributed by atoms with van der Waals surface area (Å²) >= 11 is 13.4. The van der Waals surface area contributed by atoms with E-state index in [1.54, 1.807) is 24.4 Å². The highest BCUT2D eigenvalue weighted by molar-refractivity contribution is 7.99. The molecule has 0 saturated carbocycles. The lowest BCUT2D eigenvalue weighted by atomic mass is 10.3. The molecule has 4 nitrogen and oxygen atoms in total. The Bertz CT molecular complexity index is 713. The van der Waals surface area contributed by atoms with Crippen LogP contribution in [-0.4, -0.2) is 23.7 Å². The summed E-state index contributed by atoms with van der Waals surface area (Å²) in [5, 5.41) is 2.00. The SMILES string of the molecule is O=S(=O)(O)CCc1c[nH]c(Sc2cc(Cl)ccc2Cl)c1. The predicted molar refractivity (Wildman–Crippen MR) is 81.5 cm³/mol. The molecule has 2 rings (SSSR count). The van der Waals surface area contributed by atoms with Crippen LogP contribution in [0.15, 0.2) is 40.4 Å². The van der Waals surface area contributed by atoms with Crippen LogP contribution in [0.5, 0.6) is 0 Å². The highest BCUT2D eigenvalue weighted by atomic mass is 35.5. The number of hydrogen-bond acceptors (Lipinski definition) is 3. The quantitative estimate of drug-likeness (QED) is 0.801. The minimum atomic E-state index is -3.94. The van der Waals surface area contributed by atoms with Crippen LogP contribution in [0, 0.1) is 0 Å². The first kappa shape index (κ1) is 15.7. The van der Waals surface area contributed by atoms with Crippen molar-refractivity contribution in [1.82, 2.24) is 4.98 Å². The van der Waals surface area contributed by atoms with Gasteiger partial charge in [-0.1, -0.05) is 35.0 Å². The highest BCUT2D eigenvalue weighted by Gasteiger charge is 2.09. The summed E-state index contributed by atoms with van der Waals surface area (Å²) in [5.41, 5.74) is 0.795. The first-order chi connectivity index (χ1) is 9.33. The molecule has 2 aromatic rings. The minimum absolute atomic E-state index is 0.249. The Hall–Kier alpha value is -0.660. The van der Waals surface area contributed by atoms with E-state index in [-0.39, 0.29) is 12.2 Å². The molecule has 20 heavy (non-hydrogen) atoms. The molecule has 0 atom stereocenters. The van der Waals surface area contributed by atoms with E-state index in [0.717, 1.165) is 15.5 Å². The zero-order chi connectivity index (χ0) is 14.8. The van der Waals surface area contributed by atoms with Gasteiger partial charge in [-0.05, 0) is 36.2 Å². The molecule has 0 unspecified atom stereocenters. The number of H-pyrrole nitrogens is 1. The fourth-order valence-electron chi connectivity index (χ4n) is 1.54. The van der Waals surface area contributed by atoms with Gasteiger partial charge in [-0.15, -0.1) is 0 Å². The van der Waals surface area contributed by atoms with Crippen molar-refractivity contribution in [2.75, 3.05) is 5.75 Å². The van der Waals surface area contributed by atoms with Crippen LogP contribution in [0.1, 0.15) is 5.56 Å². The van der Waals surface area contributed by atoms with Crippen molar-refractivity contribution >= 4 is 45.1 Å². The Balaban J connectivity index is 2.08. The van der Waals surface area contributed by atoms with Crippen molar-refractivity contribution in [3.63, 3.8) is 0 Å². The van der Waals surface area contributed by atoms with E-state index in [1.165, 1.54) is 11.8 Å². The van der Waals surface area contributed by atoms with Crippen LogP contribution < -0.4 is 0 Å². The topological polar surface area (TPSA) is 70.2 Å². The first-order valence-corrected chi connectivity index (χ1v) is 8.77. The zero-order valence-corrected chi connectivity index (χ0v) is 13.3. The van der Waals surface area contributed by atoms with Gasteiger partial charge in [0.25, 0.3) is 10.1 Å². The van der Waals surface area contributed by atoms with E-state index in [4.69, 9.17) is 27.8 Å². The molecule has 1 aromatic heterocycles. The first-order valence-electron chi connectivity index (χ1n) is 5.59. The number of hydrogen-bond donors (Lipinski definition) is 2. The second-order valence-electron chi connectivity index (χ2n) is 4.09. The molecule has 0 aliphatic carbocycles. The molecule has 8 heteroatoms. The third-order valence-electron chi connectivity index (χ3n) is 2.48. The van der Waals surface area contributed by atoms with Gasteiger partial charge in [-0.2, -0.15) is 8.42 Å². The van der Waals surface area contributed by atoms with Gasteiger partial charge in [0.05, 0.1) is 15.8 Å². The van der Waals surface area contributed by atoms with Crippen LogP contribution in [-0.2, 0) is 16.5 Å². The number of halogens is 2. The summed E-state index contributed by atoms with van der Waals surface area (Å²) in [5.74, 6) is -0.299. The Morgan fingerprint density at radius 1 is 1.25 bits per heavy atom. The lowest BCUT2D eigenvalue weighted by molar-refractivity contribution is 0.482. The van der Waals surface area contributed by atoms with Gasteiger partial charge in [0.2, 0.25) is 0 Å². The second kappa shape index (κ2) is 6.41. The van der Waals surface area contributed by atoms with Crippen LogP contribution in [0.25, 0.3) is 0 Å². The molecule has 0 radical (unpaired) electrons. The van der Waals surface area contributed by atoms with E-state index < -0.39 is 10.1 Å². The number of nitrogens with one attached hydrogen (secondary N) is 1. The molecule has 0 aliphatic rings. The van der Waals surface area contributed by atoms with Crippen molar-refractivity contribution in [3.8, 4) is 0 Å². The number of benzene rings is 1. The third-order valence-corrected chi connectivity index (χ3v) is 4.89. The molecule has 2 N–H and O–H groups in total. The Morgan fingerprint density at radius 2 is 2.00 bits per heavy atom. The average molecular weight is 352 g/mol. The van der Waals surface area contributed by atoms with E-state index in [0.29, 0.717) is 10.0 Å². The number of aromatic amines is 1. The summed E-state index contributed by atoms with van der Waals surface area (Å²) in [6.45, 7) is 0. The lowest BCUT2D eigenvalue weighted by Gasteiger charge is -2.02. The van der Waals surface area contributed by atoms with Crippen LogP contribution in [0.3, 0.4) is 0 Å². The third kappa shape index (κ3) is 4.71. The molecule has 1 heterocycles. The summed E-state index contributed by atoms with van der Waals surface area (Å²) in [7, 11) is -3.94. The van der Waals surface area contributed by atoms with Crippen molar-refractivity contribution in [2.45, 2.75) is 16.3 Å².